The molecule has 3 heteroatoms. The molecule has 0 spiro atoms. The second kappa shape index (κ2) is 3.27. The summed E-state index contributed by atoms with van der Waals surface area (Å²) in [5.74, 6) is 1.30. The lowest BCUT2D eigenvalue weighted by molar-refractivity contribution is 0.315. The van der Waals surface area contributed by atoms with Gasteiger partial charge in [0.05, 0.1) is 0 Å². The van der Waals surface area contributed by atoms with Crippen LogP contribution in [-0.2, 0) is 0 Å². The van der Waals surface area contributed by atoms with Crippen LogP contribution >= 0.6 is 0 Å². The van der Waals surface area contributed by atoms with Gasteiger partial charge >= 0.3 is 0 Å². The Labute approximate surface area is 73.4 Å². The molecule has 0 radical (unpaired) electrons. The fourth-order valence-electron chi connectivity index (χ4n) is 1.34. The minimum atomic E-state index is 0.173. The molecule has 1 rings (SSSR count). The molecular formula is C9H17N3. The van der Waals surface area contributed by atoms with Gasteiger partial charge in [-0.05, 0) is 5.41 Å². The van der Waals surface area contributed by atoms with Gasteiger partial charge in [-0.15, -0.1) is 0 Å². The van der Waals surface area contributed by atoms with Gasteiger partial charge in [0, 0.05) is 24.9 Å². The molecule has 3 nitrogen and oxygen atoms in total. The number of nitrogens with zero attached hydrogens (tertiary/aromatic N) is 1. The Morgan fingerprint density at radius 3 is 2.58 bits per heavy atom. The molecule has 0 aliphatic carbocycles. The Kier molecular flexibility index (Phi) is 2.52. The Morgan fingerprint density at radius 1 is 1.58 bits per heavy atom. The maximum atomic E-state index is 5.69. The van der Waals surface area contributed by atoms with Crippen LogP contribution in [0.25, 0.3) is 0 Å². The van der Waals surface area contributed by atoms with E-state index in [1.807, 2.05) is 6.20 Å². The highest BCUT2D eigenvalue weighted by molar-refractivity contribution is 5.02. The average molecular weight is 167 g/mol. The molecule has 0 saturated carbocycles. The number of hydrogen-bond donors (Lipinski definition) is 2. The van der Waals surface area contributed by atoms with Gasteiger partial charge in [0.15, 0.2) is 0 Å². The number of aromatic amines is 1. The molecule has 0 aromatic carbocycles. The monoisotopic (exact) mass is 167 g/mol. The van der Waals surface area contributed by atoms with E-state index in [1.54, 1.807) is 6.20 Å². The Balaban J connectivity index is 2.84. The van der Waals surface area contributed by atoms with Gasteiger partial charge in [-0.3, -0.25) is 0 Å². The molecule has 0 saturated heterocycles. The maximum absolute atomic E-state index is 5.69. The number of hydrogen-bond acceptors (Lipinski definition) is 2. The topological polar surface area (TPSA) is 54.7 Å². The standard InChI is InChI=1S/C9H17N3/c1-9(2,3)7(6-10)8-11-4-5-12-8/h4-5,7H,6,10H2,1-3H3,(H,11,12). The van der Waals surface area contributed by atoms with Crippen LogP contribution in [0.4, 0.5) is 0 Å². The molecule has 0 fully saturated rings. The van der Waals surface area contributed by atoms with Crippen molar-refractivity contribution in [3.05, 3.63) is 18.2 Å². The molecule has 0 bridgehead atoms. The van der Waals surface area contributed by atoms with Crippen molar-refractivity contribution in [3.8, 4) is 0 Å². The highest BCUT2D eigenvalue weighted by atomic mass is 14.9. The van der Waals surface area contributed by atoms with Crippen molar-refractivity contribution in [2.75, 3.05) is 6.54 Å². The molecule has 1 aromatic heterocycles. The predicted octanol–water partition coefficient (Wildman–Crippen LogP) is 1.50. The highest BCUT2D eigenvalue weighted by Crippen LogP contribution is 2.31. The van der Waals surface area contributed by atoms with Crippen molar-refractivity contribution in [1.29, 1.82) is 0 Å². The zero-order valence-electron chi connectivity index (χ0n) is 7.96. The van der Waals surface area contributed by atoms with Crippen LogP contribution in [0.2, 0.25) is 0 Å². The summed E-state index contributed by atoms with van der Waals surface area (Å²) in [6.45, 7) is 7.16. The third kappa shape index (κ3) is 1.85. The summed E-state index contributed by atoms with van der Waals surface area (Å²) < 4.78 is 0. The van der Waals surface area contributed by atoms with Gasteiger partial charge in [-0.2, -0.15) is 0 Å². The van der Waals surface area contributed by atoms with E-state index in [0.29, 0.717) is 12.5 Å². The minimum absolute atomic E-state index is 0.173. The van der Waals surface area contributed by atoms with Crippen molar-refractivity contribution in [2.24, 2.45) is 11.1 Å². The average Bonchev–Trinajstić information content (AvgIpc) is 2.38. The SMILES string of the molecule is CC(C)(C)C(CN)c1ncc[nH]1. The number of aromatic nitrogens is 2. The van der Waals surface area contributed by atoms with Crippen LogP contribution in [0.1, 0.15) is 32.5 Å². The van der Waals surface area contributed by atoms with Crippen LogP contribution in [0.15, 0.2) is 12.4 Å². The summed E-state index contributed by atoms with van der Waals surface area (Å²) in [5.41, 5.74) is 5.86. The largest absolute Gasteiger partial charge is 0.348 e. The molecule has 0 aliphatic heterocycles. The minimum Gasteiger partial charge on any atom is -0.348 e. The van der Waals surface area contributed by atoms with Crippen LogP contribution in [0, 0.1) is 5.41 Å². The molecule has 1 heterocycles. The zero-order chi connectivity index (χ0) is 9.19. The summed E-state index contributed by atoms with van der Waals surface area (Å²) in [6, 6.07) is 0. The number of H-pyrrole nitrogens is 1. The highest BCUT2D eigenvalue weighted by Gasteiger charge is 2.26. The lowest BCUT2D eigenvalue weighted by Gasteiger charge is -2.27. The third-order valence-electron chi connectivity index (χ3n) is 2.13. The second-order valence-electron chi connectivity index (χ2n) is 4.13. The summed E-state index contributed by atoms with van der Waals surface area (Å²) in [6.07, 6.45) is 3.60. The van der Waals surface area contributed by atoms with Crippen molar-refractivity contribution in [1.82, 2.24) is 9.97 Å². The molecule has 0 amide bonds. The summed E-state index contributed by atoms with van der Waals surface area (Å²) in [4.78, 5) is 7.32. The first-order valence-corrected chi connectivity index (χ1v) is 4.25. The van der Waals surface area contributed by atoms with Crippen LogP contribution in [0.5, 0.6) is 0 Å². The van der Waals surface area contributed by atoms with Gasteiger partial charge in [-0.1, -0.05) is 20.8 Å². The van der Waals surface area contributed by atoms with Crippen molar-refractivity contribution in [3.63, 3.8) is 0 Å². The molecular weight excluding hydrogens is 150 g/mol. The fraction of sp³-hybridized carbons (Fsp3) is 0.667. The third-order valence-corrected chi connectivity index (χ3v) is 2.13. The van der Waals surface area contributed by atoms with E-state index in [0.717, 1.165) is 5.82 Å². The molecule has 1 atom stereocenters. The Bertz CT molecular complexity index is 220. The van der Waals surface area contributed by atoms with Gasteiger partial charge < -0.3 is 10.7 Å². The van der Waals surface area contributed by atoms with E-state index >= 15 is 0 Å². The lowest BCUT2D eigenvalue weighted by atomic mass is 9.80. The second-order valence-corrected chi connectivity index (χ2v) is 4.13. The molecule has 0 aliphatic rings. The van der Waals surface area contributed by atoms with Crippen LogP contribution < -0.4 is 5.73 Å². The van der Waals surface area contributed by atoms with E-state index in [9.17, 15) is 0 Å². The van der Waals surface area contributed by atoms with E-state index in [1.165, 1.54) is 0 Å². The van der Waals surface area contributed by atoms with Gasteiger partial charge in [0.25, 0.3) is 0 Å². The fourth-order valence-corrected chi connectivity index (χ4v) is 1.34. The Hall–Kier alpha value is -0.830. The normalized spacial score (nSPS) is 14.7. The maximum Gasteiger partial charge on any atom is 0.110 e. The van der Waals surface area contributed by atoms with Crippen LogP contribution in [0.3, 0.4) is 0 Å². The Morgan fingerprint density at radius 2 is 2.25 bits per heavy atom. The number of rotatable bonds is 2. The summed E-state index contributed by atoms with van der Waals surface area (Å²) >= 11 is 0. The lowest BCUT2D eigenvalue weighted by Crippen LogP contribution is -2.26. The van der Waals surface area contributed by atoms with Gasteiger partial charge in [0.1, 0.15) is 5.82 Å². The first-order valence-electron chi connectivity index (χ1n) is 4.25. The first-order chi connectivity index (χ1) is 5.55. The van der Waals surface area contributed by atoms with E-state index in [2.05, 4.69) is 30.7 Å². The summed E-state index contributed by atoms with van der Waals surface area (Å²) in [5, 5.41) is 0. The van der Waals surface area contributed by atoms with Crippen molar-refractivity contribution < 1.29 is 0 Å². The molecule has 68 valence electrons. The molecule has 3 N–H and O–H groups in total. The summed E-state index contributed by atoms with van der Waals surface area (Å²) in [7, 11) is 0. The van der Waals surface area contributed by atoms with Gasteiger partial charge in [-0.25, -0.2) is 4.98 Å². The zero-order valence-corrected chi connectivity index (χ0v) is 7.96. The molecule has 12 heavy (non-hydrogen) atoms. The molecule has 1 unspecified atom stereocenters. The number of nitrogens with one attached hydrogen (secondary N) is 1. The van der Waals surface area contributed by atoms with Gasteiger partial charge in [0.2, 0.25) is 0 Å². The van der Waals surface area contributed by atoms with E-state index < -0.39 is 0 Å². The van der Waals surface area contributed by atoms with Crippen molar-refractivity contribution in [2.45, 2.75) is 26.7 Å². The number of imidazole rings is 1. The predicted molar refractivity (Wildman–Crippen MR) is 49.8 cm³/mol. The van der Waals surface area contributed by atoms with Crippen molar-refractivity contribution >= 4 is 0 Å². The quantitative estimate of drug-likeness (QED) is 0.701. The first kappa shape index (κ1) is 9.26. The van der Waals surface area contributed by atoms with Crippen LogP contribution in [-0.4, -0.2) is 16.5 Å². The van der Waals surface area contributed by atoms with E-state index in [4.69, 9.17) is 5.73 Å². The smallest absolute Gasteiger partial charge is 0.110 e. The van der Waals surface area contributed by atoms with E-state index in [-0.39, 0.29) is 5.41 Å². The molecule has 1 aromatic rings. The number of nitrogens with two attached hydrogens (primary N) is 1.